The predicted molar refractivity (Wildman–Crippen MR) is 48.4 cm³/mol. The Morgan fingerprint density at radius 2 is 1.86 bits per heavy atom. The molecule has 0 aliphatic heterocycles. The van der Waals surface area contributed by atoms with Crippen LogP contribution in [0.5, 0.6) is 0 Å². The van der Waals surface area contributed by atoms with Gasteiger partial charge in [-0.25, -0.2) is 8.78 Å². The number of nitrogens with one attached hydrogen (secondary N) is 1. The second-order valence-corrected chi connectivity index (χ2v) is 2.80. The molecule has 2 aromatic rings. The molecule has 0 aliphatic carbocycles. The third-order valence-electron chi connectivity index (χ3n) is 1.83. The Hall–Kier alpha value is -1.91. The summed E-state index contributed by atoms with van der Waals surface area (Å²) >= 11 is 0. The van der Waals surface area contributed by atoms with Crippen LogP contribution in [0.3, 0.4) is 0 Å². The molecule has 0 bridgehead atoms. The Kier molecular flexibility index (Phi) is 1.92. The summed E-state index contributed by atoms with van der Waals surface area (Å²) in [6, 6.07) is 5.03. The number of anilines is 1. The Bertz CT molecular complexity index is 445. The maximum absolute atomic E-state index is 13.2. The zero-order valence-electron chi connectivity index (χ0n) is 7.09. The first-order chi connectivity index (χ1) is 6.68. The van der Waals surface area contributed by atoms with E-state index in [0.717, 1.165) is 0 Å². The van der Waals surface area contributed by atoms with Crippen LogP contribution in [0.25, 0.3) is 11.3 Å². The molecular formula is C9H7F2N3. The van der Waals surface area contributed by atoms with Gasteiger partial charge in [-0.15, -0.1) is 0 Å². The van der Waals surface area contributed by atoms with E-state index in [2.05, 4.69) is 10.2 Å². The van der Waals surface area contributed by atoms with E-state index in [9.17, 15) is 8.78 Å². The number of hydrogen-bond donors (Lipinski definition) is 2. The van der Waals surface area contributed by atoms with E-state index in [-0.39, 0.29) is 17.1 Å². The minimum atomic E-state index is -0.645. The molecule has 0 fully saturated rings. The quantitative estimate of drug-likeness (QED) is 0.730. The predicted octanol–water partition coefficient (Wildman–Crippen LogP) is 1.94. The molecule has 1 aromatic carbocycles. The normalized spacial score (nSPS) is 10.4. The van der Waals surface area contributed by atoms with Crippen LogP contribution in [0.15, 0.2) is 24.3 Å². The average Bonchev–Trinajstić information content (AvgIpc) is 2.51. The average molecular weight is 195 g/mol. The minimum Gasteiger partial charge on any atom is -0.382 e. The summed E-state index contributed by atoms with van der Waals surface area (Å²) in [6.45, 7) is 0. The second-order valence-electron chi connectivity index (χ2n) is 2.80. The van der Waals surface area contributed by atoms with Crippen LogP contribution in [0.2, 0.25) is 0 Å². The molecular weight excluding hydrogens is 188 g/mol. The first kappa shape index (κ1) is 8.68. The molecule has 14 heavy (non-hydrogen) atoms. The third kappa shape index (κ3) is 1.32. The van der Waals surface area contributed by atoms with Crippen LogP contribution in [-0.4, -0.2) is 10.2 Å². The SMILES string of the molecule is Nc1cc(-c2c(F)cccc2F)[nH]n1. The lowest BCUT2D eigenvalue weighted by molar-refractivity contribution is 0.588. The molecule has 0 saturated heterocycles. The van der Waals surface area contributed by atoms with Crippen LogP contribution in [0.4, 0.5) is 14.6 Å². The number of nitrogens with zero attached hydrogens (tertiary/aromatic N) is 1. The van der Waals surface area contributed by atoms with Crippen molar-refractivity contribution in [1.29, 1.82) is 0 Å². The van der Waals surface area contributed by atoms with Gasteiger partial charge in [0.2, 0.25) is 0 Å². The molecule has 0 amide bonds. The monoisotopic (exact) mass is 195 g/mol. The van der Waals surface area contributed by atoms with Crippen LogP contribution in [-0.2, 0) is 0 Å². The van der Waals surface area contributed by atoms with Crippen molar-refractivity contribution in [2.75, 3.05) is 5.73 Å². The lowest BCUT2D eigenvalue weighted by Crippen LogP contribution is -1.89. The molecule has 5 heteroatoms. The van der Waals surface area contributed by atoms with Crippen molar-refractivity contribution >= 4 is 5.82 Å². The van der Waals surface area contributed by atoms with Crippen molar-refractivity contribution in [2.24, 2.45) is 0 Å². The van der Waals surface area contributed by atoms with Gasteiger partial charge in [0, 0.05) is 6.07 Å². The molecule has 0 spiro atoms. The number of hydrogen-bond acceptors (Lipinski definition) is 2. The number of aromatic amines is 1. The highest BCUT2D eigenvalue weighted by molar-refractivity contribution is 5.63. The number of halogens is 2. The van der Waals surface area contributed by atoms with Gasteiger partial charge in [-0.05, 0) is 12.1 Å². The summed E-state index contributed by atoms with van der Waals surface area (Å²) < 4.78 is 26.4. The number of rotatable bonds is 1. The minimum absolute atomic E-state index is 0.142. The molecule has 0 aliphatic rings. The number of nitrogens with two attached hydrogens (primary N) is 1. The fourth-order valence-electron chi connectivity index (χ4n) is 1.22. The fraction of sp³-hybridized carbons (Fsp3) is 0. The van der Waals surface area contributed by atoms with Crippen molar-refractivity contribution in [2.45, 2.75) is 0 Å². The number of nitrogen functional groups attached to an aromatic ring is 1. The van der Waals surface area contributed by atoms with Gasteiger partial charge in [0.05, 0.1) is 11.3 Å². The maximum atomic E-state index is 13.2. The van der Waals surface area contributed by atoms with E-state index in [4.69, 9.17) is 5.73 Å². The first-order valence-electron chi connectivity index (χ1n) is 3.94. The molecule has 0 saturated carbocycles. The Labute approximate surface area is 78.6 Å². The van der Waals surface area contributed by atoms with E-state index in [0.29, 0.717) is 0 Å². The highest BCUT2D eigenvalue weighted by atomic mass is 19.1. The van der Waals surface area contributed by atoms with Gasteiger partial charge in [-0.3, -0.25) is 5.10 Å². The van der Waals surface area contributed by atoms with Crippen molar-refractivity contribution in [3.63, 3.8) is 0 Å². The van der Waals surface area contributed by atoms with Crippen LogP contribution < -0.4 is 5.73 Å². The lowest BCUT2D eigenvalue weighted by atomic mass is 10.1. The smallest absolute Gasteiger partial charge is 0.145 e. The second kappa shape index (κ2) is 3.10. The fourth-order valence-corrected chi connectivity index (χ4v) is 1.22. The van der Waals surface area contributed by atoms with E-state index in [1.54, 1.807) is 0 Å². The Balaban J connectivity index is 2.61. The standard InChI is InChI=1S/C9H7F2N3/c10-5-2-1-3-6(11)9(5)7-4-8(12)14-13-7/h1-4H,(H3,12,13,14). The highest BCUT2D eigenvalue weighted by Crippen LogP contribution is 2.24. The van der Waals surface area contributed by atoms with Gasteiger partial charge in [0.15, 0.2) is 0 Å². The third-order valence-corrected chi connectivity index (χ3v) is 1.83. The molecule has 2 rings (SSSR count). The molecule has 3 N–H and O–H groups in total. The van der Waals surface area contributed by atoms with E-state index >= 15 is 0 Å². The van der Waals surface area contributed by atoms with Crippen LogP contribution in [0, 0.1) is 11.6 Å². The van der Waals surface area contributed by atoms with Gasteiger partial charge >= 0.3 is 0 Å². The van der Waals surface area contributed by atoms with Crippen molar-refractivity contribution in [3.8, 4) is 11.3 Å². The van der Waals surface area contributed by atoms with Crippen LogP contribution in [0.1, 0.15) is 0 Å². The van der Waals surface area contributed by atoms with E-state index in [1.165, 1.54) is 24.3 Å². The number of H-pyrrole nitrogens is 1. The number of aromatic nitrogens is 2. The van der Waals surface area contributed by atoms with Gasteiger partial charge in [-0.1, -0.05) is 6.07 Å². The van der Waals surface area contributed by atoms with Gasteiger partial charge in [0.1, 0.15) is 17.5 Å². The summed E-state index contributed by atoms with van der Waals surface area (Å²) in [5, 5.41) is 6.04. The zero-order chi connectivity index (χ0) is 10.1. The van der Waals surface area contributed by atoms with Gasteiger partial charge < -0.3 is 5.73 Å². The molecule has 0 atom stereocenters. The Morgan fingerprint density at radius 3 is 2.36 bits per heavy atom. The molecule has 1 aromatic heterocycles. The van der Waals surface area contributed by atoms with Crippen LogP contribution >= 0.6 is 0 Å². The van der Waals surface area contributed by atoms with E-state index < -0.39 is 11.6 Å². The topological polar surface area (TPSA) is 54.7 Å². The molecule has 0 radical (unpaired) electrons. The summed E-state index contributed by atoms with van der Waals surface area (Å²) in [7, 11) is 0. The summed E-state index contributed by atoms with van der Waals surface area (Å²) in [4.78, 5) is 0. The lowest BCUT2D eigenvalue weighted by Gasteiger charge is -2.00. The molecule has 3 nitrogen and oxygen atoms in total. The first-order valence-corrected chi connectivity index (χ1v) is 3.94. The van der Waals surface area contributed by atoms with Crippen molar-refractivity contribution in [1.82, 2.24) is 10.2 Å². The summed E-state index contributed by atoms with van der Waals surface area (Å²) in [5.74, 6) is -1.09. The Morgan fingerprint density at radius 1 is 1.21 bits per heavy atom. The zero-order valence-corrected chi connectivity index (χ0v) is 7.09. The highest BCUT2D eigenvalue weighted by Gasteiger charge is 2.12. The maximum Gasteiger partial charge on any atom is 0.145 e. The van der Waals surface area contributed by atoms with Crippen molar-refractivity contribution in [3.05, 3.63) is 35.9 Å². The molecule has 0 unspecified atom stereocenters. The molecule has 72 valence electrons. The molecule has 1 heterocycles. The number of benzene rings is 1. The largest absolute Gasteiger partial charge is 0.382 e. The van der Waals surface area contributed by atoms with Gasteiger partial charge in [0.25, 0.3) is 0 Å². The summed E-state index contributed by atoms with van der Waals surface area (Å²) in [6.07, 6.45) is 0. The van der Waals surface area contributed by atoms with Crippen molar-refractivity contribution < 1.29 is 8.78 Å². The van der Waals surface area contributed by atoms with E-state index in [1.807, 2.05) is 0 Å². The van der Waals surface area contributed by atoms with Gasteiger partial charge in [-0.2, -0.15) is 5.10 Å². The summed E-state index contributed by atoms with van der Waals surface area (Å²) in [5.41, 5.74) is 5.42.